The normalized spacial score (nSPS) is 14.5. The van der Waals surface area contributed by atoms with E-state index in [0.29, 0.717) is 17.7 Å². The fourth-order valence-corrected chi connectivity index (χ4v) is 4.43. The van der Waals surface area contributed by atoms with E-state index in [1.54, 1.807) is 45.5 Å². The van der Waals surface area contributed by atoms with E-state index in [-0.39, 0.29) is 44.1 Å². The van der Waals surface area contributed by atoms with Crippen LogP contribution in [0, 0.1) is 11.8 Å². The maximum atomic E-state index is 13.4. The SMILES string of the molecule is CC(C)[C@H](N)C(=O)OCCOP(=O)(CO[C@H](C)Cn1cnc2c(N)ncnc21)OCCOC(=O)[C@@H](N)C(C)C. The maximum absolute atomic E-state index is 13.4. The molecule has 0 amide bonds. The zero-order valence-electron chi connectivity index (χ0n) is 23.0. The summed E-state index contributed by atoms with van der Waals surface area (Å²) in [6, 6.07) is -1.58. The molecule has 0 saturated carbocycles. The van der Waals surface area contributed by atoms with Gasteiger partial charge in [-0.2, -0.15) is 0 Å². The average molecular weight is 574 g/mol. The van der Waals surface area contributed by atoms with Crippen LogP contribution in [0.5, 0.6) is 0 Å². The third-order valence-electron chi connectivity index (χ3n) is 5.61. The number of rotatable bonds is 17. The fraction of sp³-hybridized carbons (Fsp3) is 0.696. The summed E-state index contributed by atoms with van der Waals surface area (Å²) >= 11 is 0. The van der Waals surface area contributed by atoms with Gasteiger partial charge in [0, 0.05) is 0 Å². The lowest BCUT2D eigenvalue weighted by atomic mass is 10.1. The van der Waals surface area contributed by atoms with Crippen LogP contribution in [-0.4, -0.2) is 82.4 Å². The topological polar surface area (TPSA) is 219 Å². The molecule has 0 radical (unpaired) electrons. The number of nitrogens with two attached hydrogens (primary N) is 3. The van der Waals surface area contributed by atoms with Gasteiger partial charge in [-0.25, -0.2) is 15.0 Å². The van der Waals surface area contributed by atoms with Crippen molar-refractivity contribution in [1.82, 2.24) is 19.5 Å². The van der Waals surface area contributed by atoms with Crippen molar-refractivity contribution in [2.75, 3.05) is 38.5 Å². The van der Waals surface area contributed by atoms with Gasteiger partial charge in [-0.15, -0.1) is 0 Å². The number of esters is 2. The lowest BCUT2D eigenvalue weighted by molar-refractivity contribution is -0.147. The molecule has 220 valence electrons. The summed E-state index contributed by atoms with van der Waals surface area (Å²) in [6.07, 6.45) is 1.99. The maximum Gasteiger partial charge on any atom is 0.356 e. The van der Waals surface area contributed by atoms with Crippen LogP contribution >= 0.6 is 7.60 Å². The van der Waals surface area contributed by atoms with Gasteiger partial charge in [0.25, 0.3) is 0 Å². The van der Waals surface area contributed by atoms with Crippen LogP contribution in [-0.2, 0) is 44.0 Å². The Morgan fingerprint density at radius 1 is 0.897 bits per heavy atom. The van der Waals surface area contributed by atoms with Gasteiger partial charge in [-0.1, -0.05) is 27.7 Å². The molecule has 0 fully saturated rings. The van der Waals surface area contributed by atoms with E-state index >= 15 is 0 Å². The van der Waals surface area contributed by atoms with E-state index in [9.17, 15) is 14.2 Å². The molecule has 16 heteroatoms. The van der Waals surface area contributed by atoms with Gasteiger partial charge < -0.3 is 45.0 Å². The number of anilines is 1. The van der Waals surface area contributed by atoms with Crippen LogP contribution in [0.3, 0.4) is 0 Å². The fourth-order valence-electron chi connectivity index (χ4n) is 3.07. The number of hydrogen-bond donors (Lipinski definition) is 3. The molecule has 6 N–H and O–H groups in total. The predicted molar refractivity (Wildman–Crippen MR) is 142 cm³/mol. The minimum Gasteiger partial charge on any atom is -0.462 e. The molecule has 3 atom stereocenters. The van der Waals surface area contributed by atoms with Gasteiger partial charge in [0.2, 0.25) is 0 Å². The minimum absolute atomic E-state index is 0.107. The summed E-state index contributed by atoms with van der Waals surface area (Å²) in [6.45, 7) is 8.38. The predicted octanol–water partition coefficient (Wildman–Crippen LogP) is 1.05. The van der Waals surface area contributed by atoms with Crippen molar-refractivity contribution >= 4 is 36.5 Å². The monoisotopic (exact) mass is 573 g/mol. The molecule has 0 aliphatic rings. The molecule has 0 aromatic carbocycles. The van der Waals surface area contributed by atoms with Crippen LogP contribution in [0.25, 0.3) is 11.2 Å². The highest BCUT2D eigenvalue weighted by atomic mass is 31.2. The molecule has 0 bridgehead atoms. The van der Waals surface area contributed by atoms with Gasteiger partial charge in [-0.05, 0) is 18.8 Å². The number of carbonyl (C=O) groups is 2. The molecule has 0 aliphatic carbocycles. The Labute approximate surface area is 227 Å². The number of aromatic nitrogens is 4. The number of hydrogen-bond acceptors (Lipinski definition) is 14. The summed E-state index contributed by atoms with van der Waals surface area (Å²) in [4.78, 5) is 36.2. The van der Waals surface area contributed by atoms with E-state index < -0.39 is 44.1 Å². The summed E-state index contributed by atoms with van der Waals surface area (Å²) in [5.41, 5.74) is 18.3. The molecule has 2 rings (SSSR count). The molecule has 0 aliphatic heterocycles. The standard InChI is InChI=1S/C23H40N7O8P/c1-14(2)17(24)22(31)34-6-8-37-39(33,38-9-7-35-23(32)18(25)15(3)4)13-36-16(5)10-30-12-29-19-20(26)27-11-28-21(19)30/h11-12,14-18H,6-10,13,24-25H2,1-5H3,(H2,26,27,28)/t16-,17+,18+/m1/s1. The van der Waals surface area contributed by atoms with Crippen molar-refractivity contribution < 1.29 is 37.4 Å². The van der Waals surface area contributed by atoms with E-state index in [1.165, 1.54) is 6.33 Å². The number of nitrogen functional groups attached to an aromatic ring is 1. The Morgan fingerprint density at radius 2 is 1.44 bits per heavy atom. The van der Waals surface area contributed by atoms with Crippen LogP contribution in [0.15, 0.2) is 12.7 Å². The van der Waals surface area contributed by atoms with Crippen molar-refractivity contribution in [2.45, 2.75) is 59.4 Å². The van der Waals surface area contributed by atoms with Gasteiger partial charge in [0.15, 0.2) is 11.5 Å². The van der Waals surface area contributed by atoms with Crippen LogP contribution in [0.4, 0.5) is 5.82 Å². The molecule has 0 unspecified atom stereocenters. The molecule has 2 aromatic rings. The minimum atomic E-state index is -3.86. The smallest absolute Gasteiger partial charge is 0.356 e. The highest BCUT2D eigenvalue weighted by molar-refractivity contribution is 7.53. The summed E-state index contributed by atoms with van der Waals surface area (Å²) in [7, 11) is -3.86. The van der Waals surface area contributed by atoms with E-state index in [0.717, 1.165) is 0 Å². The summed E-state index contributed by atoms with van der Waals surface area (Å²) in [5.74, 6) is -1.16. The number of nitrogens with zero attached hydrogens (tertiary/aromatic N) is 4. The number of fused-ring (bicyclic) bond motifs is 1. The largest absolute Gasteiger partial charge is 0.462 e. The van der Waals surface area contributed by atoms with Crippen LogP contribution in [0.2, 0.25) is 0 Å². The van der Waals surface area contributed by atoms with Crippen molar-refractivity contribution in [1.29, 1.82) is 0 Å². The molecule has 2 heterocycles. The Bertz CT molecular complexity index is 1090. The van der Waals surface area contributed by atoms with E-state index in [4.69, 9.17) is 40.5 Å². The third-order valence-corrected chi connectivity index (χ3v) is 7.23. The first-order valence-corrected chi connectivity index (χ1v) is 14.3. The molecule has 39 heavy (non-hydrogen) atoms. The number of imidazole rings is 1. The molecule has 0 spiro atoms. The molecule has 15 nitrogen and oxygen atoms in total. The summed E-state index contributed by atoms with van der Waals surface area (Å²) < 4.78 is 42.0. The van der Waals surface area contributed by atoms with Crippen molar-refractivity contribution in [3.05, 3.63) is 12.7 Å². The van der Waals surface area contributed by atoms with Crippen molar-refractivity contribution in [3.8, 4) is 0 Å². The molecular formula is C23H40N7O8P. The third kappa shape index (κ3) is 10.1. The molecular weight excluding hydrogens is 533 g/mol. The summed E-state index contributed by atoms with van der Waals surface area (Å²) in [5, 5.41) is 0. The second kappa shape index (κ2) is 15.2. The van der Waals surface area contributed by atoms with Gasteiger partial charge in [0.05, 0.1) is 32.2 Å². The highest BCUT2D eigenvalue weighted by Crippen LogP contribution is 2.48. The second-order valence-corrected chi connectivity index (χ2v) is 11.6. The van der Waals surface area contributed by atoms with Crippen molar-refractivity contribution in [2.24, 2.45) is 23.3 Å². The van der Waals surface area contributed by atoms with Gasteiger partial charge in [0.1, 0.15) is 43.5 Å². The van der Waals surface area contributed by atoms with Gasteiger partial charge in [-0.3, -0.25) is 14.2 Å². The van der Waals surface area contributed by atoms with E-state index in [2.05, 4.69) is 15.0 Å². The second-order valence-electron chi connectivity index (χ2n) is 9.59. The zero-order chi connectivity index (χ0) is 29.2. The lowest BCUT2D eigenvalue weighted by Gasteiger charge is -2.22. The Balaban J connectivity index is 1.94. The first-order valence-electron chi connectivity index (χ1n) is 12.6. The lowest BCUT2D eigenvalue weighted by Crippen LogP contribution is -2.37. The highest BCUT2D eigenvalue weighted by Gasteiger charge is 2.28. The van der Waals surface area contributed by atoms with E-state index in [1.807, 2.05) is 0 Å². The Hall–Kier alpha value is -2.68. The quantitative estimate of drug-likeness (QED) is 0.137. The molecule has 2 aromatic heterocycles. The average Bonchev–Trinajstić information content (AvgIpc) is 3.30. The molecule has 0 saturated heterocycles. The number of ether oxygens (including phenoxy) is 3. The van der Waals surface area contributed by atoms with Crippen LogP contribution < -0.4 is 17.2 Å². The first-order chi connectivity index (χ1) is 18.3. The van der Waals surface area contributed by atoms with Gasteiger partial charge >= 0.3 is 19.5 Å². The Kier molecular flexibility index (Phi) is 12.7. The zero-order valence-corrected chi connectivity index (χ0v) is 23.9. The van der Waals surface area contributed by atoms with Crippen molar-refractivity contribution in [3.63, 3.8) is 0 Å². The first kappa shape index (κ1) is 32.5. The Morgan fingerprint density at radius 3 is 1.95 bits per heavy atom. The van der Waals surface area contributed by atoms with Crippen LogP contribution in [0.1, 0.15) is 34.6 Å². The number of carbonyl (C=O) groups excluding carboxylic acids is 2.